The van der Waals surface area contributed by atoms with Gasteiger partial charge >= 0.3 is 0 Å². The minimum absolute atomic E-state index is 0.653. The third-order valence-electron chi connectivity index (χ3n) is 3.57. The van der Waals surface area contributed by atoms with E-state index in [4.69, 9.17) is 16.3 Å². The van der Waals surface area contributed by atoms with Gasteiger partial charge in [-0.15, -0.1) is 11.3 Å². The van der Waals surface area contributed by atoms with Crippen molar-refractivity contribution in [3.8, 4) is 17.0 Å². The van der Waals surface area contributed by atoms with Crippen molar-refractivity contribution in [1.82, 2.24) is 4.98 Å². The molecule has 0 fully saturated rings. The lowest BCUT2D eigenvalue weighted by molar-refractivity contribution is 0.417. The molecule has 0 aliphatic carbocycles. The van der Waals surface area contributed by atoms with Crippen molar-refractivity contribution in [3.05, 3.63) is 58.4 Å². The Morgan fingerprint density at radius 1 is 1.17 bits per heavy atom. The Balaban J connectivity index is 1.83. The van der Waals surface area contributed by atoms with Crippen LogP contribution in [0.4, 0.5) is 10.8 Å². The molecule has 0 aliphatic rings. The van der Waals surface area contributed by atoms with Crippen LogP contribution in [0.2, 0.25) is 5.02 Å². The SMILES string of the molecule is CCc1ccc(-c2csc(Nc3cc(Cl)ccc3OC)n2)cc1. The zero-order valence-electron chi connectivity index (χ0n) is 13.0. The molecule has 0 radical (unpaired) electrons. The predicted molar refractivity (Wildman–Crippen MR) is 98.2 cm³/mol. The van der Waals surface area contributed by atoms with Gasteiger partial charge in [0.15, 0.2) is 5.13 Å². The van der Waals surface area contributed by atoms with Gasteiger partial charge < -0.3 is 10.1 Å². The molecule has 2 aromatic carbocycles. The van der Waals surface area contributed by atoms with Crippen LogP contribution < -0.4 is 10.1 Å². The molecular weight excluding hydrogens is 328 g/mol. The van der Waals surface area contributed by atoms with Gasteiger partial charge in [-0.2, -0.15) is 0 Å². The second-order valence-corrected chi connectivity index (χ2v) is 6.35. The summed E-state index contributed by atoms with van der Waals surface area (Å²) in [5.74, 6) is 0.735. The van der Waals surface area contributed by atoms with E-state index in [-0.39, 0.29) is 0 Å². The number of nitrogens with one attached hydrogen (secondary N) is 1. The molecule has 0 unspecified atom stereocenters. The van der Waals surface area contributed by atoms with Crippen molar-refractivity contribution in [2.24, 2.45) is 0 Å². The summed E-state index contributed by atoms with van der Waals surface area (Å²) in [5.41, 5.74) is 4.21. The molecule has 23 heavy (non-hydrogen) atoms. The van der Waals surface area contributed by atoms with Crippen molar-refractivity contribution in [1.29, 1.82) is 0 Å². The maximum absolute atomic E-state index is 6.06. The van der Waals surface area contributed by atoms with E-state index >= 15 is 0 Å². The van der Waals surface area contributed by atoms with Crippen LogP contribution in [0.25, 0.3) is 11.3 Å². The zero-order valence-corrected chi connectivity index (χ0v) is 14.5. The van der Waals surface area contributed by atoms with Gasteiger partial charge in [0.2, 0.25) is 0 Å². The summed E-state index contributed by atoms with van der Waals surface area (Å²) in [5, 5.41) is 6.78. The zero-order chi connectivity index (χ0) is 16.2. The normalized spacial score (nSPS) is 10.6. The topological polar surface area (TPSA) is 34.1 Å². The second kappa shape index (κ2) is 7.02. The molecular formula is C18H17ClN2OS. The Labute approximate surface area is 144 Å². The van der Waals surface area contributed by atoms with E-state index in [1.54, 1.807) is 24.5 Å². The molecule has 0 atom stereocenters. The fraction of sp³-hybridized carbons (Fsp3) is 0.167. The molecule has 5 heteroatoms. The molecule has 3 aromatic rings. The van der Waals surface area contributed by atoms with E-state index in [0.717, 1.165) is 34.2 Å². The Morgan fingerprint density at radius 3 is 2.65 bits per heavy atom. The Hall–Kier alpha value is -2.04. The van der Waals surface area contributed by atoms with Crippen LogP contribution in [0.5, 0.6) is 5.75 Å². The summed E-state index contributed by atoms with van der Waals surface area (Å²) in [6, 6.07) is 14.0. The Bertz CT molecular complexity index is 799. The van der Waals surface area contributed by atoms with Gasteiger partial charge in [-0.3, -0.25) is 0 Å². The van der Waals surface area contributed by atoms with Crippen LogP contribution in [0.3, 0.4) is 0 Å². The lowest BCUT2D eigenvalue weighted by atomic mass is 10.1. The fourth-order valence-corrected chi connectivity index (χ4v) is 3.17. The molecule has 1 N–H and O–H groups in total. The number of methoxy groups -OCH3 is 1. The van der Waals surface area contributed by atoms with Gasteiger partial charge in [0.25, 0.3) is 0 Å². The van der Waals surface area contributed by atoms with Crippen molar-refractivity contribution in [2.45, 2.75) is 13.3 Å². The third-order valence-corrected chi connectivity index (χ3v) is 4.56. The van der Waals surface area contributed by atoms with E-state index in [1.807, 2.05) is 17.5 Å². The first-order valence-corrected chi connectivity index (χ1v) is 8.60. The number of benzene rings is 2. The molecule has 0 saturated heterocycles. The van der Waals surface area contributed by atoms with Crippen LogP contribution in [-0.2, 0) is 6.42 Å². The lowest BCUT2D eigenvalue weighted by Gasteiger charge is -2.09. The average Bonchev–Trinajstić information content (AvgIpc) is 3.04. The number of aryl methyl sites for hydroxylation is 1. The number of ether oxygens (including phenoxy) is 1. The van der Waals surface area contributed by atoms with E-state index < -0.39 is 0 Å². The number of aromatic nitrogens is 1. The number of halogens is 1. The minimum atomic E-state index is 0.653. The molecule has 0 spiro atoms. The predicted octanol–water partition coefficient (Wildman–Crippen LogP) is 5.78. The molecule has 0 bridgehead atoms. The highest BCUT2D eigenvalue weighted by Gasteiger charge is 2.08. The smallest absolute Gasteiger partial charge is 0.187 e. The largest absolute Gasteiger partial charge is 0.495 e. The van der Waals surface area contributed by atoms with Crippen LogP contribution >= 0.6 is 22.9 Å². The highest BCUT2D eigenvalue weighted by Crippen LogP contribution is 2.33. The van der Waals surface area contributed by atoms with Gasteiger partial charge in [0.05, 0.1) is 18.5 Å². The number of rotatable bonds is 5. The molecule has 0 aliphatic heterocycles. The summed E-state index contributed by atoms with van der Waals surface area (Å²) in [6.07, 6.45) is 1.04. The molecule has 1 aromatic heterocycles. The van der Waals surface area contributed by atoms with Gasteiger partial charge in [-0.25, -0.2) is 4.98 Å². The summed E-state index contributed by atoms with van der Waals surface area (Å²) in [7, 11) is 1.64. The summed E-state index contributed by atoms with van der Waals surface area (Å²) in [4.78, 5) is 4.65. The highest BCUT2D eigenvalue weighted by molar-refractivity contribution is 7.14. The number of anilines is 2. The van der Waals surface area contributed by atoms with Crippen LogP contribution in [-0.4, -0.2) is 12.1 Å². The van der Waals surface area contributed by atoms with E-state index in [1.165, 1.54) is 5.56 Å². The quantitative estimate of drug-likeness (QED) is 0.637. The van der Waals surface area contributed by atoms with Crippen molar-refractivity contribution < 1.29 is 4.74 Å². The molecule has 0 saturated carbocycles. The van der Waals surface area contributed by atoms with Crippen molar-refractivity contribution in [2.75, 3.05) is 12.4 Å². The van der Waals surface area contributed by atoms with Crippen molar-refractivity contribution >= 4 is 33.8 Å². The van der Waals surface area contributed by atoms with E-state index in [0.29, 0.717) is 5.02 Å². The maximum Gasteiger partial charge on any atom is 0.187 e. The maximum atomic E-state index is 6.06. The monoisotopic (exact) mass is 344 g/mol. The molecule has 0 amide bonds. The first-order valence-electron chi connectivity index (χ1n) is 7.35. The number of thiazole rings is 1. The van der Waals surface area contributed by atoms with Crippen LogP contribution in [0.1, 0.15) is 12.5 Å². The fourth-order valence-electron chi connectivity index (χ4n) is 2.27. The van der Waals surface area contributed by atoms with E-state index in [2.05, 4.69) is 41.5 Å². The molecule has 1 heterocycles. The van der Waals surface area contributed by atoms with Gasteiger partial charge in [-0.05, 0) is 30.2 Å². The molecule has 3 nitrogen and oxygen atoms in total. The van der Waals surface area contributed by atoms with Crippen LogP contribution in [0.15, 0.2) is 47.8 Å². The van der Waals surface area contributed by atoms with E-state index in [9.17, 15) is 0 Å². The third kappa shape index (κ3) is 3.66. The lowest BCUT2D eigenvalue weighted by Crippen LogP contribution is -1.94. The summed E-state index contributed by atoms with van der Waals surface area (Å²) < 4.78 is 5.35. The summed E-state index contributed by atoms with van der Waals surface area (Å²) >= 11 is 7.61. The minimum Gasteiger partial charge on any atom is -0.495 e. The highest BCUT2D eigenvalue weighted by atomic mass is 35.5. The first-order chi connectivity index (χ1) is 11.2. The van der Waals surface area contributed by atoms with Crippen LogP contribution in [0, 0.1) is 0 Å². The van der Waals surface area contributed by atoms with Gasteiger partial charge in [-0.1, -0.05) is 42.8 Å². The number of hydrogen-bond donors (Lipinski definition) is 1. The average molecular weight is 345 g/mol. The standard InChI is InChI=1S/C18H17ClN2OS/c1-3-12-4-6-13(7-5-12)16-11-23-18(21-16)20-15-10-14(19)8-9-17(15)22-2/h4-11H,3H2,1-2H3,(H,20,21). The second-order valence-electron chi connectivity index (χ2n) is 5.06. The first kappa shape index (κ1) is 15.8. The number of hydrogen-bond acceptors (Lipinski definition) is 4. The molecule has 3 rings (SSSR count). The summed E-state index contributed by atoms with van der Waals surface area (Å²) in [6.45, 7) is 2.15. The Kier molecular flexibility index (Phi) is 4.84. The Morgan fingerprint density at radius 2 is 1.96 bits per heavy atom. The van der Waals surface area contributed by atoms with Gasteiger partial charge in [0, 0.05) is 16.0 Å². The molecule has 118 valence electrons. The van der Waals surface area contributed by atoms with Crippen molar-refractivity contribution in [3.63, 3.8) is 0 Å². The number of nitrogens with zero attached hydrogens (tertiary/aromatic N) is 1. The van der Waals surface area contributed by atoms with Gasteiger partial charge in [0.1, 0.15) is 5.75 Å².